The largest absolute Gasteiger partial charge is 0.496 e. The summed E-state index contributed by atoms with van der Waals surface area (Å²) < 4.78 is 30.2. The summed E-state index contributed by atoms with van der Waals surface area (Å²) >= 11 is 0. The molecule has 0 fully saturated rings. The molecule has 0 aliphatic carbocycles. The molecule has 84 valence electrons. The Morgan fingerprint density at radius 3 is 2.60 bits per heavy atom. The van der Waals surface area contributed by atoms with Gasteiger partial charge >= 0.3 is 0 Å². The SMILES string of the molecule is COc1cccc(C(F)F)c1C(N)CO. The molecule has 1 aromatic carbocycles. The van der Waals surface area contributed by atoms with Crippen molar-refractivity contribution in [3.63, 3.8) is 0 Å². The smallest absolute Gasteiger partial charge is 0.264 e. The zero-order valence-corrected chi connectivity index (χ0v) is 8.28. The number of nitrogens with two attached hydrogens (primary N) is 1. The number of halogens is 2. The van der Waals surface area contributed by atoms with Gasteiger partial charge in [0.15, 0.2) is 0 Å². The fraction of sp³-hybridized carbons (Fsp3) is 0.400. The minimum absolute atomic E-state index is 0.164. The van der Waals surface area contributed by atoms with Gasteiger partial charge < -0.3 is 15.6 Å². The van der Waals surface area contributed by atoms with Gasteiger partial charge in [0.05, 0.1) is 19.8 Å². The van der Waals surface area contributed by atoms with E-state index in [1.54, 1.807) is 0 Å². The molecule has 0 bridgehead atoms. The van der Waals surface area contributed by atoms with Crippen molar-refractivity contribution in [3.05, 3.63) is 29.3 Å². The van der Waals surface area contributed by atoms with Crippen molar-refractivity contribution in [1.82, 2.24) is 0 Å². The second-order valence-electron chi connectivity index (χ2n) is 3.05. The first-order valence-electron chi connectivity index (χ1n) is 4.43. The molecule has 3 N–H and O–H groups in total. The van der Waals surface area contributed by atoms with Gasteiger partial charge in [-0.2, -0.15) is 0 Å². The van der Waals surface area contributed by atoms with Crippen molar-refractivity contribution < 1.29 is 18.6 Å². The first-order chi connectivity index (χ1) is 7.11. The molecular weight excluding hydrogens is 204 g/mol. The number of alkyl halides is 2. The summed E-state index contributed by atoms with van der Waals surface area (Å²) in [4.78, 5) is 0. The minimum Gasteiger partial charge on any atom is -0.496 e. The molecule has 0 heterocycles. The van der Waals surface area contributed by atoms with Gasteiger partial charge in [0.1, 0.15) is 5.75 Å². The fourth-order valence-corrected chi connectivity index (χ4v) is 1.42. The van der Waals surface area contributed by atoms with Crippen LogP contribution in [0.15, 0.2) is 18.2 Å². The second kappa shape index (κ2) is 5.04. The molecule has 1 rings (SSSR count). The van der Waals surface area contributed by atoms with Crippen LogP contribution >= 0.6 is 0 Å². The van der Waals surface area contributed by atoms with Crippen LogP contribution in [-0.4, -0.2) is 18.8 Å². The van der Waals surface area contributed by atoms with Gasteiger partial charge in [0, 0.05) is 11.1 Å². The summed E-state index contributed by atoms with van der Waals surface area (Å²) in [5.74, 6) is 0.273. The molecule has 15 heavy (non-hydrogen) atoms. The predicted molar refractivity (Wildman–Crippen MR) is 52.0 cm³/mol. The number of rotatable bonds is 4. The maximum absolute atomic E-state index is 12.6. The maximum Gasteiger partial charge on any atom is 0.264 e. The molecule has 5 heteroatoms. The van der Waals surface area contributed by atoms with Crippen LogP contribution in [-0.2, 0) is 0 Å². The molecule has 1 atom stereocenters. The lowest BCUT2D eigenvalue weighted by Gasteiger charge is -2.17. The van der Waals surface area contributed by atoms with E-state index in [2.05, 4.69) is 0 Å². The highest BCUT2D eigenvalue weighted by Gasteiger charge is 2.21. The Labute approximate surface area is 86.5 Å². The monoisotopic (exact) mass is 217 g/mol. The summed E-state index contributed by atoms with van der Waals surface area (Å²) in [5, 5.41) is 8.89. The minimum atomic E-state index is -2.63. The average Bonchev–Trinajstić information content (AvgIpc) is 2.26. The van der Waals surface area contributed by atoms with E-state index in [-0.39, 0.29) is 16.9 Å². The fourth-order valence-electron chi connectivity index (χ4n) is 1.42. The van der Waals surface area contributed by atoms with Crippen LogP contribution in [0.2, 0.25) is 0 Å². The van der Waals surface area contributed by atoms with Crippen molar-refractivity contribution in [1.29, 1.82) is 0 Å². The molecule has 1 aromatic rings. The van der Waals surface area contributed by atoms with Gasteiger partial charge in [-0.3, -0.25) is 0 Å². The van der Waals surface area contributed by atoms with Crippen LogP contribution in [0.1, 0.15) is 23.6 Å². The number of benzene rings is 1. The molecular formula is C10H13F2NO2. The molecule has 1 unspecified atom stereocenters. The maximum atomic E-state index is 12.6. The van der Waals surface area contributed by atoms with E-state index in [4.69, 9.17) is 15.6 Å². The van der Waals surface area contributed by atoms with Crippen LogP contribution < -0.4 is 10.5 Å². The highest BCUT2D eigenvalue weighted by Crippen LogP contribution is 2.33. The van der Waals surface area contributed by atoms with Crippen LogP contribution in [0.4, 0.5) is 8.78 Å². The number of methoxy groups -OCH3 is 1. The predicted octanol–water partition coefficient (Wildman–Crippen LogP) is 1.62. The molecule has 0 saturated carbocycles. The Hall–Kier alpha value is -1.20. The molecule has 0 aliphatic heterocycles. The number of aliphatic hydroxyl groups excluding tert-OH is 1. The normalized spacial score (nSPS) is 12.9. The zero-order valence-electron chi connectivity index (χ0n) is 8.28. The second-order valence-corrected chi connectivity index (χ2v) is 3.05. The lowest BCUT2D eigenvalue weighted by Crippen LogP contribution is -2.17. The molecule has 0 aromatic heterocycles. The van der Waals surface area contributed by atoms with E-state index >= 15 is 0 Å². The summed E-state index contributed by atoms with van der Waals surface area (Å²) in [7, 11) is 1.37. The first kappa shape index (κ1) is 11.9. The zero-order chi connectivity index (χ0) is 11.4. The van der Waals surface area contributed by atoms with Gasteiger partial charge in [-0.1, -0.05) is 12.1 Å². The third kappa shape index (κ3) is 2.43. The van der Waals surface area contributed by atoms with E-state index in [9.17, 15) is 8.78 Å². The van der Waals surface area contributed by atoms with Gasteiger partial charge in [-0.15, -0.1) is 0 Å². The summed E-state index contributed by atoms with van der Waals surface area (Å²) in [6.07, 6.45) is -2.63. The standard InChI is InChI=1S/C10H13F2NO2/c1-15-8-4-2-3-6(10(11)12)9(8)7(13)5-14/h2-4,7,10,14H,5,13H2,1H3. The lowest BCUT2D eigenvalue weighted by molar-refractivity contribution is 0.148. The van der Waals surface area contributed by atoms with Crippen molar-refractivity contribution >= 4 is 0 Å². The Balaban J connectivity index is 3.26. The lowest BCUT2D eigenvalue weighted by atomic mass is 10.0. The Kier molecular flexibility index (Phi) is 3.99. The van der Waals surface area contributed by atoms with Crippen molar-refractivity contribution in [2.75, 3.05) is 13.7 Å². The van der Waals surface area contributed by atoms with Gasteiger partial charge in [0.2, 0.25) is 0 Å². The van der Waals surface area contributed by atoms with Crippen LogP contribution in [0, 0.1) is 0 Å². The van der Waals surface area contributed by atoms with Crippen LogP contribution in [0.3, 0.4) is 0 Å². The Morgan fingerprint density at radius 2 is 2.13 bits per heavy atom. The van der Waals surface area contributed by atoms with E-state index in [1.165, 1.54) is 25.3 Å². The van der Waals surface area contributed by atoms with E-state index < -0.39 is 19.1 Å². The summed E-state index contributed by atoms with van der Waals surface area (Å²) in [5.41, 5.74) is 5.51. The molecule has 0 amide bonds. The van der Waals surface area contributed by atoms with E-state index in [0.29, 0.717) is 0 Å². The van der Waals surface area contributed by atoms with Gasteiger partial charge in [0.25, 0.3) is 6.43 Å². The van der Waals surface area contributed by atoms with Gasteiger partial charge in [-0.25, -0.2) is 8.78 Å². The van der Waals surface area contributed by atoms with E-state index in [0.717, 1.165) is 0 Å². The first-order valence-corrected chi connectivity index (χ1v) is 4.43. The third-order valence-corrected chi connectivity index (χ3v) is 2.12. The van der Waals surface area contributed by atoms with Gasteiger partial charge in [-0.05, 0) is 6.07 Å². The molecule has 0 aliphatic rings. The van der Waals surface area contributed by atoms with Crippen molar-refractivity contribution in [3.8, 4) is 5.75 Å². The van der Waals surface area contributed by atoms with Crippen LogP contribution in [0.5, 0.6) is 5.75 Å². The summed E-state index contributed by atoms with van der Waals surface area (Å²) in [6.45, 7) is -0.403. The van der Waals surface area contributed by atoms with Crippen molar-refractivity contribution in [2.24, 2.45) is 5.73 Å². The average molecular weight is 217 g/mol. The highest BCUT2D eigenvalue weighted by molar-refractivity contribution is 5.43. The third-order valence-electron chi connectivity index (χ3n) is 2.12. The quantitative estimate of drug-likeness (QED) is 0.805. The number of aliphatic hydroxyl groups is 1. The molecule has 0 radical (unpaired) electrons. The number of hydrogen-bond acceptors (Lipinski definition) is 3. The molecule has 3 nitrogen and oxygen atoms in total. The summed E-state index contributed by atoms with van der Waals surface area (Å²) in [6, 6.07) is 3.42. The van der Waals surface area contributed by atoms with E-state index in [1.807, 2.05) is 0 Å². The number of ether oxygens (including phenoxy) is 1. The molecule has 0 spiro atoms. The molecule has 0 saturated heterocycles. The van der Waals surface area contributed by atoms with Crippen LogP contribution in [0.25, 0.3) is 0 Å². The van der Waals surface area contributed by atoms with Crippen molar-refractivity contribution in [2.45, 2.75) is 12.5 Å². The number of hydrogen-bond donors (Lipinski definition) is 2. The Bertz CT molecular complexity index is 331. The Morgan fingerprint density at radius 1 is 1.47 bits per heavy atom. The highest BCUT2D eigenvalue weighted by atomic mass is 19.3. The topological polar surface area (TPSA) is 55.5 Å².